The molecule has 0 atom stereocenters. The molecule has 0 saturated carbocycles. The van der Waals surface area contributed by atoms with Crippen molar-refractivity contribution in [2.75, 3.05) is 7.11 Å². The summed E-state index contributed by atoms with van der Waals surface area (Å²) in [7, 11) is 1.69. The predicted octanol–water partition coefficient (Wildman–Crippen LogP) is 6.55. The van der Waals surface area contributed by atoms with Crippen LogP contribution in [0.5, 0.6) is 5.75 Å². The summed E-state index contributed by atoms with van der Waals surface area (Å²) >= 11 is 0. The van der Waals surface area contributed by atoms with Gasteiger partial charge in [-0.3, -0.25) is 4.57 Å². The SMILES string of the molecule is COc1ccccc1-c1nc2ccccc2n1-c1cc(-c2ccccc2)nn1-c1ccccc1. The molecule has 0 radical (unpaired) electrons. The quantitative estimate of drug-likeness (QED) is 0.304. The number of hydrogen-bond donors (Lipinski definition) is 0. The molecule has 0 amide bonds. The molecule has 5 heteroatoms. The fraction of sp³-hybridized carbons (Fsp3) is 0.0345. The minimum Gasteiger partial charge on any atom is -0.496 e. The van der Waals surface area contributed by atoms with Gasteiger partial charge < -0.3 is 4.74 Å². The van der Waals surface area contributed by atoms with Crippen molar-refractivity contribution >= 4 is 11.0 Å². The Morgan fingerprint density at radius 1 is 0.706 bits per heavy atom. The second-order valence-electron chi connectivity index (χ2n) is 7.96. The summed E-state index contributed by atoms with van der Waals surface area (Å²) < 4.78 is 9.85. The molecule has 2 aromatic heterocycles. The number of hydrogen-bond acceptors (Lipinski definition) is 3. The largest absolute Gasteiger partial charge is 0.496 e. The van der Waals surface area contributed by atoms with E-state index in [9.17, 15) is 0 Å². The van der Waals surface area contributed by atoms with E-state index in [0.717, 1.165) is 50.9 Å². The third-order valence-electron chi connectivity index (χ3n) is 5.90. The highest BCUT2D eigenvalue weighted by Gasteiger charge is 2.21. The Balaban J connectivity index is 1.69. The molecule has 6 aromatic rings. The Hall–Kier alpha value is -4.64. The normalized spacial score (nSPS) is 11.1. The van der Waals surface area contributed by atoms with Crippen LogP contribution in [0.15, 0.2) is 115 Å². The van der Waals surface area contributed by atoms with Gasteiger partial charge in [0.15, 0.2) is 5.82 Å². The molecule has 164 valence electrons. The number of fused-ring (bicyclic) bond motifs is 1. The van der Waals surface area contributed by atoms with Crippen molar-refractivity contribution in [2.24, 2.45) is 0 Å². The Labute approximate surface area is 197 Å². The van der Waals surface area contributed by atoms with Crippen LogP contribution in [-0.2, 0) is 0 Å². The highest BCUT2D eigenvalue weighted by atomic mass is 16.5. The van der Waals surface area contributed by atoms with E-state index in [4.69, 9.17) is 14.8 Å². The lowest BCUT2D eigenvalue weighted by Crippen LogP contribution is -2.07. The minimum absolute atomic E-state index is 0.771. The van der Waals surface area contributed by atoms with Gasteiger partial charge >= 0.3 is 0 Å². The Morgan fingerprint density at radius 3 is 2.18 bits per heavy atom. The first-order valence-corrected chi connectivity index (χ1v) is 11.2. The van der Waals surface area contributed by atoms with E-state index in [1.165, 1.54) is 0 Å². The molecule has 0 aliphatic carbocycles. The Bertz CT molecular complexity index is 1580. The molecule has 0 bridgehead atoms. The molecular formula is C29H22N4O. The van der Waals surface area contributed by atoms with Crippen LogP contribution in [0, 0.1) is 0 Å². The third kappa shape index (κ3) is 3.35. The fourth-order valence-corrected chi connectivity index (χ4v) is 4.31. The molecule has 2 heterocycles. The number of para-hydroxylation sites is 4. The molecular weight excluding hydrogens is 420 g/mol. The number of methoxy groups -OCH3 is 1. The first-order chi connectivity index (χ1) is 16.8. The number of aromatic nitrogens is 4. The zero-order chi connectivity index (χ0) is 22.9. The zero-order valence-electron chi connectivity index (χ0n) is 18.7. The van der Waals surface area contributed by atoms with Gasteiger partial charge in [0.25, 0.3) is 0 Å². The highest BCUT2D eigenvalue weighted by Crippen LogP contribution is 2.35. The van der Waals surface area contributed by atoms with Gasteiger partial charge in [-0.2, -0.15) is 5.10 Å². The standard InChI is InChI=1S/C29H22N4O/c1-34-27-19-11-8-16-23(27)29-30-24-17-9-10-18-26(24)32(29)28-20-25(21-12-4-2-5-13-21)31-33(28)22-14-6-3-7-15-22/h2-20H,1H3. The van der Waals surface area contributed by atoms with E-state index in [-0.39, 0.29) is 0 Å². The molecule has 0 aliphatic rings. The van der Waals surface area contributed by atoms with Crippen LogP contribution in [0.3, 0.4) is 0 Å². The van der Waals surface area contributed by atoms with Crippen molar-refractivity contribution in [3.05, 3.63) is 115 Å². The molecule has 34 heavy (non-hydrogen) atoms. The molecule has 0 fully saturated rings. The lowest BCUT2D eigenvalue weighted by molar-refractivity contribution is 0.416. The van der Waals surface area contributed by atoms with Gasteiger partial charge in [0.2, 0.25) is 0 Å². The van der Waals surface area contributed by atoms with Gasteiger partial charge in [0.1, 0.15) is 11.6 Å². The maximum absolute atomic E-state index is 5.70. The molecule has 0 unspecified atom stereocenters. The average Bonchev–Trinajstić information content (AvgIpc) is 3.51. The van der Waals surface area contributed by atoms with Crippen LogP contribution in [0.2, 0.25) is 0 Å². The lowest BCUT2D eigenvalue weighted by atomic mass is 10.1. The van der Waals surface area contributed by atoms with Crippen LogP contribution in [0.25, 0.3) is 45.2 Å². The summed E-state index contributed by atoms with van der Waals surface area (Å²) in [5, 5.41) is 5.03. The van der Waals surface area contributed by atoms with Crippen molar-refractivity contribution < 1.29 is 4.74 Å². The number of imidazole rings is 1. The summed E-state index contributed by atoms with van der Waals surface area (Å²) in [6.45, 7) is 0. The van der Waals surface area contributed by atoms with Gasteiger partial charge in [0, 0.05) is 11.6 Å². The van der Waals surface area contributed by atoms with E-state index >= 15 is 0 Å². The van der Waals surface area contributed by atoms with Gasteiger partial charge in [-0.1, -0.05) is 72.8 Å². The highest BCUT2D eigenvalue weighted by molar-refractivity contribution is 5.84. The van der Waals surface area contributed by atoms with Crippen LogP contribution in [-0.4, -0.2) is 26.4 Å². The van der Waals surface area contributed by atoms with E-state index in [2.05, 4.69) is 41.0 Å². The van der Waals surface area contributed by atoms with Crippen molar-refractivity contribution in [3.8, 4) is 39.9 Å². The lowest BCUT2D eigenvalue weighted by Gasteiger charge is -2.13. The van der Waals surface area contributed by atoms with Crippen molar-refractivity contribution in [1.29, 1.82) is 0 Å². The molecule has 6 rings (SSSR count). The number of nitrogens with zero attached hydrogens (tertiary/aromatic N) is 4. The minimum atomic E-state index is 0.771. The molecule has 4 aromatic carbocycles. The number of benzene rings is 4. The van der Waals surface area contributed by atoms with Crippen molar-refractivity contribution in [2.45, 2.75) is 0 Å². The second-order valence-corrected chi connectivity index (χ2v) is 7.96. The summed E-state index contributed by atoms with van der Waals surface area (Å²) in [5.41, 5.74) is 5.75. The average molecular weight is 443 g/mol. The van der Waals surface area contributed by atoms with Gasteiger partial charge in [-0.05, 0) is 36.4 Å². The van der Waals surface area contributed by atoms with Crippen LogP contribution < -0.4 is 4.74 Å². The first kappa shape index (κ1) is 20.0. The van der Waals surface area contributed by atoms with E-state index in [1.807, 2.05) is 83.5 Å². The van der Waals surface area contributed by atoms with Crippen LogP contribution in [0.1, 0.15) is 0 Å². The van der Waals surface area contributed by atoms with E-state index in [1.54, 1.807) is 7.11 Å². The van der Waals surface area contributed by atoms with Gasteiger partial charge in [-0.15, -0.1) is 0 Å². The van der Waals surface area contributed by atoms with E-state index < -0.39 is 0 Å². The summed E-state index contributed by atoms with van der Waals surface area (Å²) in [4.78, 5) is 5.03. The second kappa shape index (κ2) is 8.37. The molecule has 0 N–H and O–H groups in total. The number of rotatable bonds is 5. The summed E-state index contributed by atoms with van der Waals surface area (Å²) in [6.07, 6.45) is 0. The van der Waals surface area contributed by atoms with Crippen molar-refractivity contribution in [1.82, 2.24) is 19.3 Å². The molecule has 0 spiro atoms. The number of ether oxygens (including phenoxy) is 1. The Morgan fingerprint density at radius 2 is 1.38 bits per heavy atom. The third-order valence-corrected chi connectivity index (χ3v) is 5.90. The smallest absolute Gasteiger partial charge is 0.150 e. The van der Waals surface area contributed by atoms with Gasteiger partial charge in [0.05, 0.1) is 35.1 Å². The Kier molecular flexibility index (Phi) is 4.92. The van der Waals surface area contributed by atoms with Crippen LogP contribution >= 0.6 is 0 Å². The first-order valence-electron chi connectivity index (χ1n) is 11.2. The zero-order valence-corrected chi connectivity index (χ0v) is 18.7. The van der Waals surface area contributed by atoms with Crippen LogP contribution in [0.4, 0.5) is 0 Å². The maximum atomic E-state index is 5.70. The summed E-state index contributed by atoms with van der Waals surface area (Å²) in [5.74, 6) is 2.48. The molecule has 0 saturated heterocycles. The topological polar surface area (TPSA) is 44.9 Å². The predicted molar refractivity (Wildman–Crippen MR) is 136 cm³/mol. The van der Waals surface area contributed by atoms with Crippen molar-refractivity contribution in [3.63, 3.8) is 0 Å². The van der Waals surface area contributed by atoms with E-state index in [0.29, 0.717) is 0 Å². The maximum Gasteiger partial charge on any atom is 0.150 e. The monoisotopic (exact) mass is 442 g/mol. The fourth-order valence-electron chi connectivity index (χ4n) is 4.31. The molecule has 5 nitrogen and oxygen atoms in total. The molecule has 0 aliphatic heterocycles. The van der Waals surface area contributed by atoms with Gasteiger partial charge in [-0.25, -0.2) is 9.67 Å². The summed E-state index contributed by atoms with van der Waals surface area (Å²) in [6, 6.07) is 38.7.